The number of aromatic nitrogens is 2. The van der Waals surface area contributed by atoms with Gasteiger partial charge in [-0.1, -0.05) is 36.4 Å². The molecule has 0 saturated carbocycles. The molecular weight excluding hydrogens is 575 g/mol. The molecule has 3 aromatic carbocycles. The Balaban J connectivity index is 1.98. The highest BCUT2D eigenvalue weighted by Gasteiger charge is 2.35. The van der Waals surface area contributed by atoms with Crippen LogP contribution in [0.4, 0.5) is 22.0 Å². The summed E-state index contributed by atoms with van der Waals surface area (Å²) in [6, 6.07) is 13.3. The van der Waals surface area contributed by atoms with Gasteiger partial charge in [0.2, 0.25) is 0 Å². The van der Waals surface area contributed by atoms with Crippen molar-refractivity contribution in [2.24, 2.45) is 5.73 Å². The van der Waals surface area contributed by atoms with Crippen LogP contribution in [0.15, 0.2) is 70.3 Å². The number of nitrogens with zero attached hydrogens (tertiary/aromatic N) is 3. The van der Waals surface area contributed by atoms with E-state index in [0.29, 0.717) is 16.2 Å². The molecule has 0 amide bonds. The Kier molecular flexibility index (Phi) is 9.01. The molecule has 1 atom stereocenters. The topological polar surface area (TPSA) is 112 Å². The first kappa shape index (κ1) is 31.0. The largest absolute Gasteiger partial charge is 0.494 e. The van der Waals surface area contributed by atoms with Crippen molar-refractivity contribution in [1.29, 1.82) is 5.26 Å². The number of hydrogen-bond donors (Lipinski definition) is 1. The van der Waals surface area contributed by atoms with Crippen LogP contribution in [0, 0.1) is 29.9 Å². The van der Waals surface area contributed by atoms with Gasteiger partial charge in [0.15, 0.2) is 18.2 Å². The maximum atomic E-state index is 15.5. The molecule has 4 rings (SSSR count). The van der Waals surface area contributed by atoms with E-state index in [1.165, 1.54) is 38.3 Å². The van der Waals surface area contributed by atoms with Gasteiger partial charge < -0.3 is 15.2 Å². The summed E-state index contributed by atoms with van der Waals surface area (Å²) in [5.74, 6) is -2.21. The third-order valence-corrected chi connectivity index (χ3v) is 6.87. The molecule has 1 aromatic heterocycles. The molecule has 13 heteroatoms. The fourth-order valence-corrected chi connectivity index (χ4v) is 4.79. The second-order valence-electron chi connectivity index (χ2n) is 9.42. The minimum absolute atomic E-state index is 0.206. The summed E-state index contributed by atoms with van der Waals surface area (Å²) in [5.41, 5.74) is 1.59. The molecule has 1 unspecified atom stereocenters. The second-order valence-corrected chi connectivity index (χ2v) is 9.42. The lowest BCUT2D eigenvalue weighted by Crippen LogP contribution is -2.44. The Morgan fingerprint density at radius 1 is 0.977 bits per heavy atom. The van der Waals surface area contributed by atoms with Crippen LogP contribution in [0.25, 0.3) is 11.1 Å². The molecule has 0 aliphatic heterocycles. The first-order valence-electron chi connectivity index (χ1n) is 12.8. The van der Waals surface area contributed by atoms with Gasteiger partial charge in [-0.25, -0.2) is 13.6 Å². The molecule has 0 fully saturated rings. The first-order valence-corrected chi connectivity index (χ1v) is 12.8. The molecule has 43 heavy (non-hydrogen) atoms. The van der Waals surface area contributed by atoms with E-state index in [0.717, 1.165) is 16.7 Å². The van der Waals surface area contributed by atoms with Gasteiger partial charge in [0.25, 0.3) is 5.56 Å². The maximum Gasteiger partial charge on any atom is 0.416 e. The van der Waals surface area contributed by atoms with Gasteiger partial charge in [-0.2, -0.15) is 18.4 Å². The Bertz CT molecular complexity index is 1830. The maximum absolute atomic E-state index is 15.5. The quantitative estimate of drug-likeness (QED) is 0.273. The number of nitrogens with two attached hydrogens (primary N) is 1. The van der Waals surface area contributed by atoms with Crippen LogP contribution in [0.5, 0.6) is 11.5 Å². The fraction of sp³-hybridized carbons (Fsp3) is 0.233. The smallest absolute Gasteiger partial charge is 0.416 e. The molecule has 0 spiro atoms. The predicted octanol–water partition coefficient (Wildman–Crippen LogP) is 4.94. The summed E-state index contributed by atoms with van der Waals surface area (Å²) < 4.78 is 83.6. The van der Waals surface area contributed by atoms with E-state index < -0.39 is 59.3 Å². The molecule has 1 heterocycles. The monoisotopic (exact) mass is 600 g/mol. The summed E-state index contributed by atoms with van der Waals surface area (Å²) in [6.07, 6.45) is -4.96. The third kappa shape index (κ3) is 6.14. The predicted molar refractivity (Wildman–Crippen MR) is 147 cm³/mol. The van der Waals surface area contributed by atoms with Crippen molar-refractivity contribution in [1.82, 2.24) is 9.13 Å². The molecule has 0 aliphatic rings. The first-order chi connectivity index (χ1) is 20.4. The van der Waals surface area contributed by atoms with Crippen LogP contribution >= 0.6 is 0 Å². The lowest BCUT2D eigenvalue weighted by molar-refractivity contribution is -0.138. The SMILES string of the molecule is COc1cccc(-c2c(C)n(Cc3c(F)cccc3C(F)(F)F)c(=O)n(CC(N)c3ccccc3OCC#N)c2=O)c1F. The van der Waals surface area contributed by atoms with Crippen molar-refractivity contribution >= 4 is 0 Å². The molecule has 0 bridgehead atoms. The van der Waals surface area contributed by atoms with Crippen molar-refractivity contribution in [3.63, 3.8) is 0 Å². The van der Waals surface area contributed by atoms with Crippen molar-refractivity contribution in [3.8, 4) is 28.7 Å². The van der Waals surface area contributed by atoms with E-state index >= 15 is 4.39 Å². The van der Waals surface area contributed by atoms with Gasteiger partial charge in [0.1, 0.15) is 17.6 Å². The van der Waals surface area contributed by atoms with Crippen LogP contribution in [0.1, 0.15) is 28.4 Å². The molecule has 0 saturated heterocycles. The highest BCUT2D eigenvalue weighted by atomic mass is 19.4. The zero-order valence-electron chi connectivity index (χ0n) is 22.9. The Hall–Kier alpha value is -4.96. The number of alkyl halides is 3. The zero-order chi connectivity index (χ0) is 31.5. The lowest BCUT2D eigenvalue weighted by atomic mass is 10.0. The number of para-hydroxylation sites is 1. The Morgan fingerprint density at radius 3 is 2.33 bits per heavy atom. The minimum Gasteiger partial charge on any atom is -0.494 e. The summed E-state index contributed by atoms with van der Waals surface area (Å²) >= 11 is 0. The van der Waals surface area contributed by atoms with Gasteiger partial charge in [0.05, 0.1) is 37.4 Å². The van der Waals surface area contributed by atoms with E-state index in [1.54, 1.807) is 18.2 Å². The Labute approximate surface area is 241 Å². The molecule has 0 radical (unpaired) electrons. The molecule has 2 N–H and O–H groups in total. The lowest BCUT2D eigenvalue weighted by Gasteiger charge is -2.22. The molecule has 4 aromatic rings. The number of halogens is 5. The summed E-state index contributed by atoms with van der Waals surface area (Å²) in [6.45, 7) is -0.514. The molecule has 8 nitrogen and oxygen atoms in total. The van der Waals surface area contributed by atoms with E-state index in [1.807, 2.05) is 6.07 Å². The average molecular weight is 601 g/mol. The van der Waals surface area contributed by atoms with Crippen LogP contribution in [-0.4, -0.2) is 22.9 Å². The second kappa shape index (κ2) is 12.5. The van der Waals surface area contributed by atoms with Crippen molar-refractivity contribution in [3.05, 3.63) is 116 Å². The number of methoxy groups -OCH3 is 1. The highest BCUT2D eigenvalue weighted by Crippen LogP contribution is 2.34. The number of nitriles is 1. The van der Waals surface area contributed by atoms with Gasteiger partial charge in [-0.15, -0.1) is 0 Å². The Morgan fingerprint density at radius 2 is 1.65 bits per heavy atom. The normalized spacial score (nSPS) is 12.1. The van der Waals surface area contributed by atoms with Crippen molar-refractivity contribution in [2.45, 2.75) is 32.2 Å². The van der Waals surface area contributed by atoms with Gasteiger partial charge in [-0.05, 0) is 31.2 Å². The summed E-state index contributed by atoms with van der Waals surface area (Å²) in [5, 5.41) is 8.90. The van der Waals surface area contributed by atoms with Crippen LogP contribution in [-0.2, 0) is 19.3 Å². The van der Waals surface area contributed by atoms with Crippen LogP contribution < -0.4 is 26.5 Å². The minimum atomic E-state index is -4.96. The number of ether oxygens (including phenoxy) is 2. The van der Waals surface area contributed by atoms with E-state index in [4.69, 9.17) is 20.5 Å². The average Bonchev–Trinajstić information content (AvgIpc) is 2.97. The van der Waals surface area contributed by atoms with Gasteiger partial charge in [-0.3, -0.25) is 13.9 Å². The third-order valence-electron chi connectivity index (χ3n) is 6.87. The number of benzene rings is 3. The molecule has 224 valence electrons. The van der Waals surface area contributed by atoms with E-state index in [2.05, 4.69) is 0 Å². The summed E-state index contributed by atoms with van der Waals surface area (Å²) in [7, 11) is 1.20. The van der Waals surface area contributed by atoms with Crippen molar-refractivity contribution in [2.75, 3.05) is 13.7 Å². The van der Waals surface area contributed by atoms with Gasteiger partial charge in [0, 0.05) is 22.4 Å². The van der Waals surface area contributed by atoms with Crippen LogP contribution in [0.2, 0.25) is 0 Å². The number of hydrogen-bond acceptors (Lipinski definition) is 6. The zero-order valence-corrected chi connectivity index (χ0v) is 22.9. The highest BCUT2D eigenvalue weighted by molar-refractivity contribution is 5.67. The summed E-state index contributed by atoms with van der Waals surface area (Å²) in [4.78, 5) is 27.6. The van der Waals surface area contributed by atoms with Crippen molar-refractivity contribution < 1.29 is 31.4 Å². The standard InChI is InChI=1S/C30H25F5N4O4/c1-17-26(19-8-5-12-25(42-2)27(19)32)28(40)39(16-23(37)18-7-3-4-11-24(18)43-14-13-36)29(41)38(17)15-20-21(30(33,34)35)9-6-10-22(20)31/h3-12,23H,14-16,37H2,1-2H3. The van der Waals surface area contributed by atoms with Gasteiger partial charge >= 0.3 is 11.9 Å². The molecule has 0 aliphatic carbocycles. The molecular formula is C30H25F5N4O4. The van der Waals surface area contributed by atoms with E-state index in [9.17, 15) is 27.2 Å². The van der Waals surface area contributed by atoms with Crippen LogP contribution in [0.3, 0.4) is 0 Å². The number of rotatable bonds is 9. The van der Waals surface area contributed by atoms with E-state index in [-0.39, 0.29) is 34.9 Å². The fourth-order valence-electron chi connectivity index (χ4n) is 4.79.